The summed E-state index contributed by atoms with van der Waals surface area (Å²) < 4.78 is 44.7. The van der Waals surface area contributed by atoms with Gasteiger partial charge in [-0.2, -0.15) is 4.31 Å². The summed E-state index contributed by atoms with van der Waals surface area (Å²) in [6.45, 7) is 2.06. The number of nitrogens with two attached hydrogens (primary N) is 1. The molecule has 21 heavy (non-hydrogen) atoms. The first-order valence-electron chi connectivity index (χ1n) is 6.30. The van der Waals surface area contributed by atoms with Gasteiger partial charge in [-0.3, -0.25) is 0 Å². The highest BCUT2D eigenvalue weighted by Gasteiger charge is 2.26. The largest absolute Gasteiger partial charge is 0.383 e. The lowest BCUT2D eigenvalue weighted by molar-refractivity contribution is 0.149. The summed E-state index contributed by atoms with van der Waals surface area (Å²) in [4.78, 5) is -0.122. The summed E-state index contributed by atoms with van der Waals surface area (Å²) in [5, 5.41) is 0. The van der Waals surface area contributed by atoms with Crippen molar-refractivity contribution in [2.75, 3.05) is 27.3 Å². The average Bonchev–Trinajstić information content (AvgIpc) is 2.45. The van der Waals surface area contributed by atoms with Crippen molar-refractivity contribution in [3.05, 3.63) is 29.6 Å². The first kappa shape index (κ1) is 17.6. The number of ether oxygens (including phenoxy) is 1. The van der Waals surface area contributed by atoms with Crippen molar-refractivity contribution < 1.29 is 17.5 Å². The van der Waals surface area contributed by atoms with Gasteiger partial charge in [0.05, 0.1) is 23.6 Å². The van der Waals surface area contributed by atoms with E-state index in [0.29, 0.717) is 0 Å². The minimum Gasteiger partial charge on any atom is -0.383 e. The average molecular weight is 314 g/mol. The van der Waals surface area contributed by atoms with Crippen LogP contribution in [0.4, 0.5) is 4.39 Å². The minimum atomic E-state index is -3.78. The molecule has 5 nitrogen and oxygen atoms in total. The smallest absolute Gasteiger partial charge is 0.243 e. The van der Waals surface area contributed by atoms with E-state index < -0.39 is 15.8 Å². The summed E-state index contributed by atoms with van der Waals surface area (Å²) >= 11 is 0. The quantitative estimate of drug-likeness (QED) is 0.816. The third kappa shape index (κ3) is 4.25. The molecule has 0 amide bonds. The predicted molar refractivity (Wildman–Crippen MR) is 78.6 cm³/mol. The van der Waals surface area contributed by atoms with Crippen molar-refractivity contribution >= 4 is 10.0 Å². The van der Waals surface area contributed by atoms with Crippen LogP contribution in [0, 0.1) is 17.7 Å². The van der Waals surface area contributed by atoms with Gasteiger partial charge in [0.2, 0.25) is 10.0 Å². The zero-order chi connectivity index (χ0) is 16.0. The number of benzene rings is 1. The topological polar surface area (TPSA) is 72.6 Å². The van der Waals surface area contributed by atoms with E-state index in [1.54, 1.807) is 6.92 Å². The van der Waals surface area contributed by atoms with Crippen LogP contribution in [-0.4, -0.2) is 46.1 Å². The molecular formula is C14H19FN2O3S. The number of sulfonamides is 1. The fourth-order valence-corrected chi connectivity index (χ4v) is 3.01. The molecule has 2 N–H and O–H groups in total. The Bertz CT molecular complexity index is 650. The van der Waals surface area contributed by atoms with Crippen LogP contribution in [0.2, 0.25) is 0 Å². The fraction of sp³-hybridized carbons (Fsp3) is 0.429. The van der Waals surface area contributed by atoms with Crippen molar-refractivity contribution in [1.82, 2.24) is 4.31 Å². The van der Waals surface area contributed by atoms with Gasteiger partial charge in [-0.25, -0.2) is 12.8 Å². The lowest BCUT2D eigenvalue weighted by Crippen LogP contribution is -2.37. The highest BCUT2D eigenvalue weighted by molar-refractivity contribution is 7.89. The molecule has 7 heteroatoms. The van der Waals surface area contributed by atoms with Crippen LogP contribution in [0.1, 0.15) is 12.5 Å². The summed E-state index contributed by atoms with van der Waals surface area (Å²) in [6, 6.07) is 3.26. The van der Waals surface area contributed by atoms with Gasteiger partial charge in [-0.05, 0) is 25.1 Å². The molecule has 1 atom stereocenters. The Kier molecular flexibility index (Phi) is 6.30. The molecule has 116 valence electrons. The standard InChI is InChI=1S/C14H19FN2O3S/c1-11(10-20-3)17(2)21(18,19)13-7-6-12(5-4-8-16)14(15)9-13/h6-7,9,11H,8,10,16H2,1-3H3. The van der Waals surface area contributed by atoms with Crippen LogP contribution in [0.3, 0.4) is 0 Å². The SMILES string of the molecule is COCC(C)N(C)S(=O)(=O)c1ccc(C#CCN)c(F)c1. The number of halogens is 1. The van der Waals surface area contributed by atoms with E-state index in [0.717, 1.165) is 10.4 Å². The molecule has 0 aliphatic heterocycles. The molecule has 0 heterocycles. The van der Waals surface area contributed by atoms with Crippen molar-refractivity contribution in [2.24, 2.45) is 5.73 Å². The van der Waals surface area contributed by atoms with E-state index in [1.807, 2.05) is 0 Å². The molecule has 1 aromatic carbocycles. The molecule has 0 aliphatic rings. The van der Waals surface area contributed by atoms with Gasteiger partial charge in [-0.15, -0.1) is 0 Å². The molecule has 0 aliphatic carbocycles. The van der Waals surface area contributed by atoms with Gasteiger partial charge in [-0.1, -0.05) is 11.8 Å². The van der Waals surface area contributed by atoms with Crippen molar-refractivity contribution in [3.8, 4) is 11.8 Å². The Balaban J connectivity index is 3.12. The van der Waals surface area contributed by atoms with Crippen molar-refractivity contribution in [2.45, 2.75) is 17.9 Å². The maximum Gasteiger partial charge on any atom is 0.243 e. The first-order chi connectivity index (χ1) is 9.84. The third-order valence-electron chi connectivity index (χ3n) is 2.97. The summed E-state index contributed by atoms with van der Waals surface area (Å²) in [5.74, 6) is 4.38. The number of rotatable bonds is 5. The number of hydrogen-bond donors (Lipinski definition) is 1. The van der Waals surface area contributed by atoms with Gasteiger partial charge in [0.15, 0.2) is 0 Å². The number of methoxy groups -OCH3 is 1. The van der Waals surface area contributed by atoms with Crippen LogP contribution in [0.15, 0.2) is 23.1 Å². The minimum absolute atomic E-state index is 0.108. The number of nitrogens with zero attached hydrogens (tertiary/aromatic N) is 1. The Hall–Kier alpha value is -1.46. The van der Waals surface area contributed by atoms with Crippen molar-refractivity contribution in [3.63, 3.8) is 0 Å². The highest BCUT2D eigenvalue weighted by Crippen LogP contribution is 2.19. The van der Waals surface area contributed by atoms with E-state index in [4.69, 9.17) is 10.5 Å². The zero-order valence-electron chi connectivity index (χ0n) is 12.3. The molecule has 0 aromatic heterocycles. The normalized spacial score (nSPS) is 12.9. The first-order valence-corrected chi connectivity index (χ1v) is 7.74. The number of hydrogen-bond acceptors (Lipinski definition) is 4. The van der Waals surface area contributed by atoms with E-state index in [1.165, 1.54) is 26.3 Å². The van der Waals surface area contributed by atoms with Crippen molar-refractivity contribution in [1.29, 1.82) is 0 Å². The van der Waals surface area contributed by atoms with E-state index in [-0.39, 0.29) is 29.7 Å². The number of likely N-dealkylation sites (N-methyl/N-ethyl adjacent to an activating group) is 1. The van der Waals surface area contributed by atoms with Gasteiger partial charge in [0, 0.05) is 20.2 Å². The third-order valence-corrected chi connectivity index (χ3v) is 4.94. The van der Waals surface area contributed by atoms with Gasteiger partial charge < -0.3 is 10.5 Å². The van der Waals surface area contributed by atoms with Gasteiger partial charge in [0.1, 0.15) is 5.82 Å². The Labute approximate surface area is 124 Å². The van der Waals surface area contributed by atoms with Crippen LogP contribution in [0.5, 0.6) is 0 Å². The zero-order valence-corrected chi connectivity index (χ0v) is 13.1. The lowest BCUT2D eigenvalue weighted by atomic mass is 10.2. The van der Waals surface area contributed by atoms with Crippen LogP contribution in [-0.2, 0) is 14.8 Å². The molecule has 0 spiro atoms. The maximum atomic E-state index is 13.9. The van der Waals surface area contributed by atoms with Crippen LogP contribution >= 0.6 is 0 Å². The molecular weight excluding hydrogens is 295 g/mol. The second-order valence-corrected chi connectivity index (χ2v) is 6.47. The molecule has 1 unspecified atom stereocenters. The second-order valence-electron chi connectivity index (χ2n) is 4.47. The molecule has 0 radical (unpaired) electrons. The second kappa shape index (κ2) is 7.52. The van der Waals surface area contributed by atoms with E-state index >= 15 is 0 Å². The predicted octanol–water partition coefficient (Wildman–Crippen LogP) is 0.791. The molecule has 1 aromatic rings. The fourth-order valence-electron chi connectivity index (χ4n) is 1.65. The highest BCUT2D eigenvalue weighted by atomic mass is 32.2. The Morgan fingerprint density at radius 2 is 2.14 bits per heavy atom. The molecule has 0 fully saturated rings. The summed E-state index contributed by atoms with van der Waals surface area (Å²) in [6.07, 6.45) is 0. The summed E-state index contributed by atoms with van der Waals surface area (Å²) in [5.41, 5.74) is 5.33. The monoisotopic (exact) mass is 314 g/mol. The summed E-state index contributed by atoms with van der Waals surface area (Å²) in [7, 11) is -0.862. The Morgan fingerprint density at radius 3 is 2.67 bits per heavy atom. The molecule has 0 saturated carbocycles. The van der Waals surface area contributed by atoms with Gasteiger partial charge >= 0.3 is 0 Å². The lowest BCUT2D eigenvalue weighted by Gasteiger charge is -2.23. The van der Waals surface area contributed by atoms with Crippen LogP contribution in [0.25, 0.3) is 0 Å². The molecule has 1 rings (SSSR count). The van der Waals surface area contributed by atoms with Gasteiger partial charge in [0.25, 0.3) is 0 Å². The van der Waals surface area contributed by atoms with Crippen LogP contribution < -0.4 is 5.73 Å². The van der Waals surface area contributed by atoms with E-state index in [9.17, 15) is 12.8 Å². The molecule has 0 saturated heterocycles. The maximum absolute atomic E-state index is 13.9. The molecule has 0 bridgehead atoms. The van der Waals surface area contributed by atoms with E-state index in [2.05, 4.69) is 11.8 Å². The Morgan fingerprint density at radius 1 is 1.48 bits per heavy atom.